The van der Waals surface area contributed by atoms with Crippen molar-refractivity contribution in [3.8, 4) is 0 Å². The summed E-state index contributed by atoms with van der Waals surface area (Å²) in [6.45, 7) is -0.960. The van der Waals surface area contributed by atoms with Crippen LogP contribution in [-0.4, -0.2) is 36.5 Å². The van der Waals surface area contributed by atoms with Gasteiger partial charge in [-0.1, -0.05) is 0 Å². The van der Waals surface area contributed by atoms with Crippen molar-refractivity contribution in [2.45, 2.75) is 18.0 Å². The Morgan fingerprint density at radius 1 is 1.00 bits per heavy atom. The zero-order valence-electron chi connectivity index (χ0n) is 7.25. The van der Waals surface area contributed by atoms with Gasteiger partial charge >= 0.3 is 24.0 Å². The van der Waals surface area contributed by atoms with Crippen molar-refractivity contribution in [3.05, 3.63) is 0 Å². The summed E-state index contributed by atoms with van der Waals surface area (Å²) < 4.78 is 87.3. The second-order valence-electron chi connectivity index (χ2n) is 2.48. The first-order chi connectivity index (χ1) is 6.98. The molecule has 0 bridgehead atoms. The van der Waals surface area contributed by atoms with Gasteiger partial charge in [0.1, 0.15) is 6.61 Å². The first-order valence-electron chi connectivity index (χ1n) is 3.54. The van der Waals surface area contributed by atoms with Crippen molar-refractivity contribution in [1.29, 1.82) is 0 Å². The maximum Gasteiger partial charge on any atom is 0.442 e. The summed E-state index contributed by atoms with van der Waals surface area (Å²) in [5, 5.41) is 0. The molecule has 0 aliphatic rings. The topological polar surface area (TPSA) is 26.3 Å². The molecule has 10 heteroatoms. The fourth-order valence-electron chi connectivity index (χ4n) is 0.623. The van der Waals surface area contributed by atoms with E-state index in [-0.39, 0.29) is 0 Å². The molecule has 0 unspecified atom stereocenters. The standard InChI is InChI=1S/C6H4ClF7O2/c7-1-2-16-3(15)4(8,5(9,10)11)6(12,13)14/h1-2H2. The van der Waals surface area contributed by atoms with E-state index in [0.717, 1.165) is 0 Å². The molecule has 0 aromatic heterocycles. The number of halogens is 8. The van der Waals surface area contributed by atoms with E-state index in [0.29, 0.717) is 0 Å². The molecule has 0 heterocycles. The lowest BCUT2D eigenvalue weighted by Crippen LogP contribution is -2.59. The molecule has 0 radical (unpaired) electrons. The fraction of sp³-hybridized carbons (Fsp3) is 0.833. The van der Waals surface area contributed by atoms with Crippen molar-refractivity contribution < 1.29 is 40.3 Å². The Kier molecular flexibility index (Phi) is 4.43. The van der Waals surface area contributed by atoms with Crippen LogP contribution in [-0.2, 0) is 9.53 Å². The first kappa shape index (κ1) is 15.3. The highest BCUT2D eigenvalue weighted by molar-refractivity contribution is 6.18. The summed E-state index contributed by atoms with van der Waals surface area (Å²) in [5.41, 5.74) is -6.04. The summed E-state index contributed by atoms with van der Waals surface area (Å²) in [6.07, 6.45) is -12.9. The van der Waals surface area contributed by atoms with Gasteiger partial charge in [-0.25, -0.2) is 9.18 Å². The molecule has 2 nitrogen and oxygen atoms in total. The monoisotopic (exact) mass is 276 g/mol. The van der Waals surface area contributed by atoms with Gasteiger partial charge in [0.25, 0.3) is 0 Å². The molecule has 0 amide bonds. The molecule has 0 atom stereocenters. The number of rotatable bonds is 3. The quantitative estimate of drug-likeness (QED) is 0.450. The Bertz CT molecular complexity index is 245. The lowest BCUT2D eigenvalue weighted by atomic mass is 10.1. The van der Waals surface area contributed by atoms with Crippen LogP contribution in [0.25, 0.3) is 0 Å². The minimum Gasteiger partial charge on any atom is -0.462 e. The molecule has 96 valence electrons. The van der Waals surface area contributed by atoms with Crippen molar-refractivity contribution in [2.75, 3.05) is 12.5 Å². The van der Waals surface area contributed by atoms with E-state index in [1.807, 2.05) is 0 Å². The number of hydrogen-bond donors (Lipinski definition) is 0. The van der Waals surface area contributed by atoms with Crippen LogP contribution in [0, 0.1) is 0 Å². The van der Waals surface area contributed by atoms with E-state index >= 15 is 0 Å². The van der Waals surface area contributed by atoms with E-state index in [1.54, 1.807) is 0 Å². The van der Waals surface area contributed by atoms with Gasteiger partial charge < -0.3 is 4.74 Å². The van der Waals surface area contributed by atoms with Gasteiger partial charge in [-0.2, -0.15) is 26.3 Å². The van der Waals surface area contributed by atoms with Crippen molar-refractivity contribution in [2.24, 2.45) is 0 Å². The van der Waals surface area contributed by atoms with Crippen LogP contribution in [0.15, 0.2) is 0 Å². The molecule has 0 fully saturated rings. The fourth-order valence-corrected chi connectivity index (χ4v) is 0.700. The Hall–Kier alpha value is -0.730. The third kappa shape index (κ3) is 2.69. The van der Waals surface area contributed by atoms with E-state index in [4.69, 9.17) is 11.6 Å². The molecule has 0 saturated heterocycles. The largest absolute Gasteiger partial charge is 0.462 e. The molecule has 0 spiro atoms. The number of ether oxygens (including phenoxy) is 1. The predicted molar refractivity (Wildman–Crippen MR) is 37.6 cm³/mol. The Morgan fingerprint density at radius 2 is 1.38 bits per heavy atom. The molecule has 0 aliphatic heterocycles. The van der Waals surface area contributed by atoms with Crippen LogP contribution >= 0.6 is 11.6 Å². The zero-order valence-corrected chi connectivity index (χ0v) is 8.01. The number of carbonyl (C=O) groups is 1. The summed E-state index contributed by atoms with van der Waals surface area (Å²) in [5.74, 6) is -3.63. The molecule has 0 aliphatic carbocycles. The SMILES string of the molecule is O=C(OCCCl)C(F)(C(F)(F)F)C(F)(F)F. The van der Waals surface area contributed by atoms with E-state index < -0.39 is 36.5 Å². The van der Waals surface area contributed by atoms with Crippen LogP contribution in [0.2, 0.25) is 0 Å². The Labute approximate surface area is 89.3 Å². The Morgan fingerprint density at radius 3 is 1.62 bits per heavy atom. The summed E-state index contributed by atoms with van der Waals surface area (Å²) in [6, 6.07) is 0. The average Bonchev–Trinajstić information content (AvgIpc) is 2.08. The van der Waals surface area contributed by atoms with Crippen LogP contribution in [0.5, 0.6) is 0 Å². The second kappa shape index (κ2) is 4.64. The molecule has 0 N–H and O–H groups in total. The number of hydrogen-bond acceptors (Lipinski definition) is 2. The van der Waals surface area contributed by atoms with Crippen molar-refractivity contribution >= 4 is 17.6 Å². The lowest BCUT2D eigenvalue weighted by Gasteiger charge is -2.27. The molecular weight excluding hydrogens is 273 g/mol. The summed E-state index contributed by atoms with van der Waals surface area (Å²) in [4.78, 5) is 10.4. The zero-order chi connectivity index (χ0) is 13.2. The van der Waals surface area contributed by atoms with Crippen LogP contribution in [0.3, 0.4) is 0 Å². The number of alkyl halides is 8. The molecule has 0 saturated carbocycles. The first-order valence-corrected chi connectivity index (χ1v) is 4.07. The van der Waals surface area contributed by atoms with E-state index in [2.05, 4.69) is 4.74 Å². The predicted octanol–water partition coefficient (Wildman–Crippen LogP) is 2.60. The highest BCUT2D eigenvalue weighted by atomic mass is 35.5. The van der Waals surface area contributed by atoms with Gasteiger partial charge in [-0.05, 0) is 0 Å². The normalized spacial score (nSPS) is 13.8. The second-order valence-corrected chi connectivity index (χ2v) is 2.86. The minimum absolute atomic E-state index is 0.558. The highest BCUT2D eigenvalue weighted by Gasteiger charge is 2.78. The molecule has 0 aromatic rings. The highest BCUT2D eigenvalue weighted by Crippen LogP contribution is 2.46. The molecule has 16 heavy (non-hydrogen) atoms. The smallest absolute Gasteiger partial charge is 0.442 e. The van der Waals surface area contributed by atoms with Crippen LogP contribution in [0.4, 0.5) is 30.7 Å². The van der Waals surface area contributed by atoms with Gasteiger partial charge in [0.15, 0.2) is 0 Å². The van der Waals surface area contributed by atoms with Crippen LogP contribution < -0.4 is 0 Å². The maximum atomic E-state index is 12.8. The summed E-state index contributed by atoms with van der Waals surface area (Å²) in [7, 11) is 0. The van der Waals surface area contributed by atoms with Crippen molar-refractivity contribution in [1.82, 2.24) is 0 Å². The van der Waals surface area contributed by atoms with Gasteiger partial charge in [-0.15, -0.1) is 11.6 Å². The number of esters is 1. The Balaban J connectivity index is 5.19. The lowest BCUT2D eigenvalue weighted by molar-refractivity contribution is -0.332. The average molecular weight is 277 g/mol. The third-order valence-electron chi connectivity index (χ3n) is 1.37. The van der Waals surface area contributed by atoms with E-state index in [1.165, 1.54) is 0 Å². The van der Waals surface area contributed by atoms with Gasteiger partial charge in [0, 0.05) is 0 Å². The van der Waals surface area contributed by atoms with Gasteiger partial charge in [0.05, 0.1) is 5.88 Å². The van der Waals surface area contributed by atoms with Gasteiger partial charge in [-0.3, -0.25) is 0 Å². The van der Waals surface area contributed by atoms with E-state index in [9.17, 15) is 35.5 Å². The van der Waals surface area contributed by atoms with Crippen LogP contribution in [0.1, 0.15) is 0 Å². The molecule has 0 aromatic carbocycles. The molecular formula is C6H4ClF7O2. The van der Waals surface area contributed by atoms with Crippen molar-refractivity contribution in [3.63, 3.8) is 0 Å². The molecule has 0 rings (SSSR count). The van der Waals surface area contributed by atoms with Gasteiger partial charge in [0.2, 0.25) is 0 Å². The summed E-state index contributed by atoms with van der Waals surface area (Å²) >= 11 is 4.86. The number of carbonyl (C=O) groups excluding carboxylic acids is 1. The maximum absolute atomic E-state index is 12.8. The minimum atomic E-state index is -6.45. The third-order valence-corrected chi connectivity index (χ3v) is 1.53.